The molecule has 0 saturated heterocycles. The molecule has 2 bridgehead atoms. The summed E-state index contributed by atoms with van der Waals surface area (Å²) in [5, 5.41) is 3.04. The summed E-state index contributed by atoms with van der Waals surface area (Å²) in [7, 11) is 0. The van der Waals surface area contributed by atoms with Gasteiger partial charge in [-0.3, -0.25) is 9.53 Å². The van der Waals surface area contributed by atoms with E-state index in [1.807, 2.05) is 6.20 Å². The highest BCUT2D eigenvalue weighted by Crippen LogP contribution is 2.67. The SMILES string of the molecule is O=C(COC1CC(OC(F)(F)F)C1)NC12CC(c3cn(-c4ccc(Cl)c(F)c4)cn3)(C1)C2. The van der Waals surface area contributed by atoms with E-state index in [9.17, 15) is 22.4 Å². The van der Waals surface area contributed by atoms with Gasteiger partial charge in [0.05, 0.1) is 29.3 Å². The molecule has 1 amide bonds. The van der Waals surface area contributed by atoms with Crippen molar-refractivity contribution in [3.8, 4) is 5.69 Å². The van der Waals surface area contributed by atoms with E-state index in [1.54, 1.807) is 17.0 Å². The minimum absolute atomic E-state index is 0.0574. The van der Waals surface area contributed by atoms with Crippen LogP contribution in [0.25, 0.3) is 5.69 Å². The van der Waals surface area contributed by atoms with Gasteiger partial charge in [0.2, 0.25) is 5.91 Å². The van der Waals surface area contributed by atoms with Crippen molar-refractivity contribution in [1.29, 1.82) is 0 Å². The molecule has 172 valence electrons. The van der Waals surface area contributed by atoms with Gasteiger partial charge in [0.15, 0.2) is 0 Å². The van der Waals surface area contributed by atoms with E-state index in [2.05, 4.69) is 15.0 Å². The van der Waals surface area contributed by atoms with E-state index in [1.165, 1.54) is 12.1 Å². The molecule has 0 radical (unpaired) electrons. The van der Waals surface area contributed by atoms with E-state index < -0.39 is 24.4 Å². The van der Waals surface area contributed by atoms with Gasteiger partial charge in [-0.05, 0) is 37.5 Å². The van der Waals surface area contributed by atoms with Gasteiger partial charge < -0.3 is 14.6 Å². The fraction of sp³-hybridized carbons (Fsp3) is 0.524. The van der Waals surface area contributed by atoms with Gasteiger partial charge in [0.25, 0.3) is 0 Å². The van der Waals surface area contributed by atoms with Crippen LogP contribution < -0.4 is 5.32 Å². The Balaban J connectivity index is 1.08. The number of imidazole rings is 1. The Morgan fingerprint density at radius 1 is 1.25 bits per heavy atom. The maximum absolute atomic E-state index is 13.7. The lowest BCUT2D eigenvalue weighted by Crippen LogP contribution is -2.77. The fourth-order valence-corrected chi connectivity index (χ4v) is 5.16. The first-order valence-corrected chi connectivity index (χ1v) is 10.6. The second kappa shape index (κ2) is 7.43. The van der Waals surface area contributed by atoms with Crippen molar-refractivity contribution in [3.05, 3.63) is 47.3 Å². The summed E-state index contributed by atoms with van der Waals surface area (Å²) in [5.41, 5.74) is 1.14. The molecular weight excluding hydrogens is 454 g/mol. The van der Waals surface area contributed by atoms with E-state index in [0.29, 0.717) is 5.69 Å². The quantitative estimate of drug-likeness (QED) is 0.616. The summed E-state index contributed by atoms with van der Waals surface area (Å²) in [6.45, 7) is -0.186. The van der Waals surface area contributed by atoms with Crippen molar-refractivity contribution in [2.75, 3.05) is 6.61 Å². The monoisotopic (exact) mass is 473 g/mol. The number of hydrogen-bond acceptors (Lipinski definition) is 4. The number of alkyl halides is 3. The number of carbonyl (C=O) groups is 1. The average molecular weight is 474 g/mol. The second-order valence-electron chi connectivity index (χ2n) is 8.99. The molecule has 1 aromatic heterocycles. The van der Waals surface area contributed by atoms with Crippen LogP contribution in [0.4, 0.5) is 17.6 Å². The zero-order valence-electron chi connectivity index (χ0n) is 16.8. The first-order valence-electron chi connectivity index (χ1n) is 10.2. The molecule has 0 atom stereocenters. The molecule has 1 heterocycles. The van der Waals surface area contributed by atoms with Gasteiger partial charge in [0, 0.05) is 35.7 Å². The summed E-state index contributed by atoms with van der Waals surface area (Å²) in [5.74, 6) is -0.778. The van der Waals surface area contributed by atoms with E-state index in [0.717, 1.165) is 25.0 Å². The number of hydrogen-bond donors (Lipinski definition) is 1. The Hall–Kier alpha value is -2.17. The van der Waals surface area contributed by atoms with Crippen LogP contribution in [-0.2, 0) is 19.7 Å². The van der Waals surface area contributed by atoms with Crippen LogP contribution in [-0.4, -0.2) is 46.2 Å². The summed E-state index contributed by atoms with van der Waals surface area (Å²) in [6, 6.07) is 4.55. The molecule has 2 aromatic rings. The van der Waals surface area contributed by atoms with Gasteiger partial charge in [-0.2, -0.15) is 0 Å². The number of halogens is 5. The highest BCUT2D eigenvalue weighted by atomic mass is 35.5. The first-order chi connectivity index (χ1) is 15.0. The van der Waals surface area contributed by atoms with Crippen molar-refractivity contribution in [2.24, 2.45) is 0 Å². The van der Waals surface area contributed by atoms with Gasteiger partial charge in [-0.1, -0.05) is 11.6 Å². The number of aromatic nitrogens is 2. The highest BCUT2D eigenvalue weighted by Gasteiger charge is 2.70. The number of carbonyl (C=O) groups excluding carboxylic acids is 1. The zero-order valence-corrected chi connectivity index (χ0v) is 17.5. The van der Waals surface area contributed by atoms with Crippen molar-refractivity contribution in [3.63, 3.8) is 0 Å². The van der Waals surface area contributed by atoms with Crippen LogP contribution in [0.1, 0.15) is 37.8 Å². The third-order valence-corrected chi connectivity index (χ3v) is 6.87. The Morgan fingerprint density at radius 2 is 1.97 bits per heavy atom. The maximum Gasteiger partial charge on any atom is 0.522 e. The number of benzene rings is 1. The summed E-state index contributed by atoms with van der Waals surface area (Å²) in [6.07, 6.45) is 0.0713. The van der Waals surface area contributed by atoms with Gasteiger partial charge >= 0.3 is 6.36 Å². The number of rotatable bonds is 7. The molecule has 4 saturated carbocycles. The Morgan fingerprint density at radius 3 is 2.62 bits per heavy atom. The molecule has 32 heavy (non-hydrogen) atoms. The molecule has 6 rings (SSSR count). The summed E-state index contributed by atoms with van der Waals surface area (Å²) >= 11 is 5.73. The van der Waals surface area contributed by atoms with Crippen LogP contribution in [0, 0.1) is 5.82 Å². The van der Waals surface area contributed by atoms with Gasteiger partial charge in [-0.15, -0.1) is 13.2 Å². The topological polar surface area (TPSA) is 65.4 Å². The molecule has 4 aliphatic carbocycles. The van der Waals surface area contributed by atoms with Gasteiger partial charge in [0.1, 0.15) is 12.4 Å². The molecule has 0 unspecified atom stereocenters. The standard InChI is InChI=1S/C21H20ClF4N3O3/c22-15-2-1-12(3-16(15)23)29-6-17(27-11-29)19-8-20(9-19,10-19)28-18(30)7-31-13-4-14(5-13)32-21(24,25)26/h1-3,6,11,13-14H,4-5,7-10H2,(H,28,30). The molecule has 1 N–H and O–H groups in total. The molecule has 0 aliphatic heterocycles. The number of nitrogens with zero attached hydrogens (tertiary/aromatic N) is 2. The lowest BCUT2D eigenvalue weighted by molar-refractivity contribution is -0.357. The summed E-state index contributed by atoms with van der Waals surface area (Å²) in [4.78, 5) is 16.7. The average Bonchev–Trinajstić information content (AvgIpc) is 3.10. The smallest absolute Gasteiger partial charge is 0.368 e. The predicted octanol–water partition coefficient (Wildman–Crippen LogP) is 4.04. The van der Waals surface area contributed by atoms with Crippen LogP contribution in [0.2, 0.25) is 5.02 Å². The lowest BCUT2D eigenvalue weighted by atomic mass is 9.38. The molecule has 1 aromatic carbocycles. The Labute approximate surface area is 185 Å². The van der Waals surface area contributed by atoms with Crippen molar-refractivity contribution in [2.45, 2.75) is 61.6 Å². The summed E-state index contributed by atoms with van der Waals surface area (Å²) < 4.78 is 61.1. The molecule has 4 aliphatic rings. The van der Waals surface area contributed by atoms with E-state index in [4.69, 9.17) is 16.3 Å². The lowest BCUT2D eigenvalue weighted by Gasteiger charge is -2.70. The Bertz CT molecular complexity index is 1030. The molecule has 11 heteroatoms. The predicted molar refractivity (Wildman–Crippen MR) is 105 cm³/mol. The number of amides is 1. The van der Waals surface area contributed by atoms with Crippen LogP contribution in [0.3, 0.4) is 0 Å². The van der Waals surface area contributed by atoms with Crippen LogP contribution in [0.15, 0.2) is 30.7 Å². The minimum atomic E-state index is -4.64. The molecule has 4 fully saturated rings. The third-order valence-electron chi connectivity index (χ3n) is 6.56. The van der Waals surface area contributed by atoms with Gasteiger partial charge in [-0.25, -0.2) is 9.37 Å². The van der Waals surface area contributed by atoms with E-state index >= 15 is 0 Å². The highest BCUT2D eigenvalue weighted by molar-refractivity contribution is 6.30. The fourth-order valence-electron chi connectivity index (χ4n) is 5.04. The van der Waals surface area contributed by atoms with Crippen molar-refractivity contribution >= 4 is 17.5 Å². The van der Waals surface area contributed by atoms with Crippen molar-refractivity contribution < 1.29 is 31.8 Å². The maximum atomic E-state index is 13.7. The third kappa shape index (κ3) is 3.99. The largest absolute Gasteiger partial charge is 0.522 e. The second-order valence-corrected chi connectivity index (χ2v) is 9.40. The normalized spacial score (nSPS) is 30.8. The van der Waals surface area contributed by atoms with Crippen LogP contribution >= 0.6 is 11.6 Å². The van der Waals surface area contributed by atoms with E-state index in [-0.39, 0.29) is 41.3 Å². The minimum Gasteiger partial charge on any atom is -0.368 e. The molecule has 0 spiro atoms. The van der Waals surface area contributed by atoms with Crippen LogP contribution in [0.5, 0.6) is 0 Å². The Kier molecular flexibility index (Phi) is 5.03. The molecular formula is C21H20ClF4N3O3. The molecule has 6 nitrogen and oxygen atoms in total. The number of nitrogens with one attached hydrogen (secondary N) is 1. The first kappa shape index (κ1) is 21.7. The zero-order chi connectivity index (χ0) is 22.7. The number of ether oxygens (including phenoxy) is 2. The van der Waals surface area contributed by atoms with Crippen molar-refractivity contribution in [1.82, 2.24) is 14.9 Å².